The molecular formula is C17H27N3O. The number of carbonyl (C=O) groups excluding carboxylic acids is 1. The summed E-state index contributed by atoms with van der Waals surface area (Å²) in [6.07, 6.45) is 1.32. The fourth-order valence-corrected chi connectivity index (χ4v) is 3.31. The lowest BCUT2D eigenvalue weighted by atomic mass is 9.91. The Kier molecular flexibility index (Phi) is 5.76. The highest BCUT2D eigenvalue weighted by atomic mass is 16.1. The van der Waals surface area contributed by atoms with Crippen LogP contribution in [-0.4, -0.2) is 30.4 Å². The van der Waals surface area contributed by atoms with Gasteiger partial charge in [0.15, 0.2) is 0 Å². The minimum Gasteiger partial charge on any atom is -0.351 e. The van der Waals surface area contributed by atoms with Gasteiger partial charge < -0.3 is 11.1 Å². The third-order valence-electron chi connectivity index (χ3n) is 4.12. The second-order valence-corrected chi connectivity index (χ2v) is 6.39. The highest BCUT2D eigenvalue weighted by Gasteiger charge is 2.22. The second kappa shape index (κ2) is 7.57. The van der Waals surface area contributed by atoms with Crippen LogP contribution >= 0.6 is 0 Å². The molecule has 2 rings (SSSR count). The van der Waals surface area contributed by atoms with E-state index in [-0.39, 0.29) is 12.5 Å². The number of hydrogen-bond donors (Lipinski definition) is 2. The molecule has 0 spiro atoms. The van der Waals surface area contributed by atoms with Crippen LogP contribution in [0.4, 0.5) is 0 Å². The molecule has 1 fully saturated rings. The van der Waals surface area contributed by atoms with E-state index in [9.17, 15) is 4.79 Å². The van der Waals surface area contributed by atoms with Crippen molar-refractivity contribution in [1.82, 2.24) is 10.2 Å². The van der Waals surface area contributed by atoms with Crippen LogP contribution in [0.2, 0.25) is 0 Å². The first-order valence-corrected chi connectivity index (χ1v) is 7.84. The molecule has 0 saturated carbocycles. The van der Waals surface area contributed by atoms with Gasteiger partial charge in [-0.25, -0.2) is 0 Å². The lowest BCUT2D eigenvalue weighted by Gasteiger charge is -2.35. The zero-order valence-corrected chi connectivity index (χ0v) is 13.1. The van der Waals surface area contributed by atoms with Gasteiger partial charge >= 0.3 is 0 Å². The maximum absolute atomic E-state index is 11.3. The maximum Gasteiger partial charge on any atom is 0.234 e. The molecule has 1 aromatic rings. The maximum atomic E-state index is 11.3. The van der Waals surface area contributed by atoms with E-state index in [0.717, 1.165) is 31.5 Å². The molecule has 1 aliphatic rings. The lowest BCUT2D eigenvalue weighted by molar-refractivity contribution is -0.119. The molecule has 0 aromatic heterocycles. The largest absolute Gasteiger partial charge is 0.351 e. The van der Waals surface area contributed by atoms with Gasteiger partial charge in [0.1, 0.15) is 0 Å². The van der Waals surface area contributed by atoms with Gasteiger partial charge in [0.25, 0.3) is 0 Å². The van der Waals surface area contributed by atoms with Gasteiger partial charge in [-0.1, -0.05) is 38.1 Å². The van der Waals surface area contributed by atoms with Crippen LogP contribution in [0, 0.1) is 11.8 Å². The van der Waals surface area contributed by atoms with E-state index in [2.05, 4.69) is 42.3 Å². The number of benzene rings is 1. The fourth-order valence-electron chi connectivity index (χ4n) is 3.31. The van der Waals surface area contributed by atoms with Crippen molar-refractivity contribution in [3.8, 4) is 0 Å². The van der Waals surface area contributed by atoms with Crippen LogP contribution in [0.3, 0.4) is 0 Å². The molecular weight excluding hydrogens is 262 g/mol. The molecule has 1 aromatic carbocycles. The van der Waals surface area contributed by atoms with Crippen LogP contribution in [0.5, 0.6) is 0 Å². The summed E-state index contributed by atoms with van der Waals surface area (Å²) in [4.78, 5) is 13.9. The number of piperidine rings is 1. The monoisotopic (exact) mass is 289 g/mol. The molecule has 3 N–H and O–H groups in total. The van der Waals surface area contributed by atoms with Crippen LogP contribution in [0.1, 0.15) is 31.4 Å². The first kappa shape index (κ1) is 16.0. The Bertz CT molecular complexity index is 465. The molecule has 2 atom stereocenters. The summed E-state index contributed by atoms with van der Waals surface area (Å²) < 4.78 is 0. The number of rotatable bonds is 5. The zero-order chi connectivity index (χ0) is 15.2. The average molecular weight is 289 g/mol. The number of nitrogens with one attached hydrogen (secondary N) is 1. The Labute approximate surface area is 127 Å². The molecule has 0 unspecified atom stereocenters. The Morgan fingerprint density at radius 3 is 2.48 bits per heavy atom. The minimum absolute atomic E-state index is 0.0450. The summed E-state index contributed by atoms with van der Waals surface area (Å²) in [6, 6.07) is 8.34. The predicted molar refractivity (Wildman–Crippen MR) is 85.6 cm³/mol. The summed E-state index contributed by atoms with van der Waals surface area (Å²) in [5, 5.41) is 2.86. The number of likely N-dealkylation sites (tertiary alicyclic amines) is 1. The van der Waals surface area contributed by atoms with E-state index in [1.807, 2.05) is 6.07 Å². The molecule has 1 aliphatic heterocycles. The SMILES string of the molecule is C[C@@H]1C[C@@H](C)CN(Cc2ccccc2CNC(=O)CN)C1. The number of hydrogen-bond acceptors (Lipinski definition) is 3. The predicted octanol–water partition coefficient (Wildman–Crippen LogP) is 1.74. The Morgan fingerprint density at radius 2 is 1.86 bits per heavy atom. The smallest absolute Gasteiger partial charge is 0.234 e. The highest BCUT2D eigenvalue weighted by molar-refractivity contribution is 5.77. The van der Waals surface area contributed by atoms with Crippen molar-refractivity contribution in [2.45, 2.75) is 33.4 Å². The van der Waals surface area contributed by atoms with Gasteiger partial charge in [0, 0.05) is 26.2 Å². The van der Waals surface area contributed by atoms with Gasteiger partial charge in [-0.3, -0.25) is 9.69 Å². The Balaban J connectivity index is 2.00. The Hall–Kier alpha value is -1.39. The van der Waals surface area contributed by atoms with E-state index in [4.69, 9.17) is 5.73 Å². The third-order valence-corrected chi connectivity index (χ3v) is 4.12. The van der Waals surface area contributed by atoms with E-state index < -0.39 is 0 Å². The van der Waals surface area contributed by atoms with Crippen molar-refractivity contribution in [2.24, 2.45) is 17.6 Å². The van der Waals surface area contributed by atoms with E-state index >= 15 is 0 Å². The molecule has 0 aliphatic carbocycles. The van der Waals surface area contributed by atoms with Crippen LogP contribution in [0.15, 0.2) is 24.3 Å². The highest BCUT2D eigenvalue weighted by Crippen LogP contribution is 2.23. The van der Waals surface area contributed by atoms with Gasteiger partial charge in [-0.15, -0.1) is 0 Å². The number of nitrogens with zero attached hydrogens (tertiary/aromatic N) is 1. The molecule has 0 radical (unpaired) electrons. The third kappa shape index (κ3) is 4.83. The van der Waals surface area contributed by atoms with Crippen molar-refractivity contribution < 1.29 is 4.79 Å². The Morgan fingerprint density at radius 1 is 1.24 bits per heavy atom. The molecule has 4 nitrogen and oxygen atoms in total. The summed E-state index contributed by atoms with van der Waals surface area (Å²) in [5.74, 6) is 1.42. The first-order chi connectivity index (χ1) is 10.1. The summed E-state index contributed by atoms with van der Waals surface area (Å²) in [7, 11) is 0. The van der Waals surface area contributed by atoms with Crippen molar-refractivity contribution in [3.63, 3.8) is 0 Å². The van der Waals surface area contributed by atoms with Gasteiger partial charge in [-0.05, 0) is 29.4 Å². The van der Waals surface area contributed by atoms with Crippen molar-refractivity contribution in [2.75, 3.05) is 19.6 Å². The number of nitrogens with two attached hydrogens (primary N) is 1. The van der Waals surface area contributed by atoms with E-state index in [1.54, 1.807) is 0 Å². The molecule has 21 heavy (non-hydrogen) atoms. The molecule has 1 saturated heterocycles. The normalized spacial score (nSPS) is 23.0. The topological polar surface area (TPSA) is 58.4 Å². The molecule has 116 valence electrons. The van der Waals surface area contributed by atoms with Crippen LogP contribution in [0.25, 0.3) is 0 Å². The molecule has 4 heteroatoms. The zero-order valence-electron chi connectivity index (χ0n) is 13.1. The first-order valence-electron chi connectivity index (χ1n) is 7.84. The second-order valence-electron chi connectivity index (χ2n) is 6.39. The van der Waals surface area contributed by atoms with Gasteiger partial charge in [0.2, 0.25) is 5.91 Å². The van der Waals surface area contributed by atoms with Gasteiger partial charge in [0.05, 0.1) is 6.54 Å². The van der Waals surface area contributed by atoms with E-state index in [0.29, 0.717) is 6.54 Å². The summed E-state index contributed by atoms with van der Waals surface area (Å²) >= 11 is 0. The quantitative estimate of drug-likeness (QED) is 0.868. The molecule has 1 heterocycles. The van der Waals surface area contributed by atoms with Crippen LogP contribution in [-0.2, 0) is 17.9 Å². The van der Waals surface area contributed by atoms with Gasteiger partial charge in [-0.2, -0.15) is 0 Å². The average Bonchev–Trinajstić information content (AvgIpc) is 2.45. The van der Waals surface area contributed by atoms with Crippen molar-refractivity contribution in [1.29, 1.82) is 0 Å². The lowest BCUT2D eigenvalue weighted by Crippen LogP contribution is -2.38. The molecule has 0 bridgehead atoms. The minimum atomic E-state index is -0.106. The number of amides is 1. The van der Waals surface area contributed by atoms with Crippen LogP contribution < -0.4 is 11.1 Å². The van der Waals surface area contributed by atoms with E-state index in [1.165, 1.54) is 17.5 Å². The fraction of sp³-hybridized carbons (Fsp3) is 0.588. The van der Waals surface area contributed by atoms with Crippen molar-refractivity contribution >= 4 is 5.91 Å². The van der Waals surface area contributed by atoms with Crippen molar-refractivity contribution in [3.05, 3.63) is 35.4 Å². The summed E-state index contributed by atoms with van der Waals surface area (Å²) in [6.45, 7) is 8.55. The molecule has 1 amide bonds. The summed E-state index contributed by atoms with van der Waals surface area (Å²) in [5.41, 5.74) is 7.82. The standard InChI is InChI=1S/C17H27N3O/c1-13-7-14(2)11-20(10-13)12-16-6-4-3-5-15(16)9-19-17(21)8-18/h3-6,13-14H,7-12,18H2,1-2H3,(H,19,21)/t13-,14-/m1/s1. The number of carbonyl (C=O) groups is 1.